The third kappa shape index (κ3) is 2.75. The molecule has 5 rings (SSSR count). The third-order valence-corrected chi connectivity index (χ3v) is 6.48. The molecule has 1 saturated carbocycles. The molecule has 28 heavy (non-hydrogen) atoms. The minimum atomic E-state index is -0.922. The van der Waals surface area contributed by atoms with Crippen LogP contribution in [0.4, 0.5) is 0 Å². The van der Waals surface area contributed by atoms with Crippen molar-refractivity contribution in [3.63, 3.8) is 0 Å². The summed E-state index contributed by atoms with van der Waals surface area (Å²) >= 11 is 0. The largest absolute Gasteiger partial charge is 0.316 e. The first kappa shape index (κ1) is 17.5. The van der Waals surface area contributed by atoms with Crippen LogP contribution in [0.15, 0.2) is 18.2 Å². The molecule has 3 unspecified atom stereocenters. The highest BCUT2D eigenvalue weighted by Gasteiger charge is 2.52. The summed E-state index contributed by atoms with van der Waals surface area (Å²) in [5, 5.41) is 9.05. The molecule has 0 spiro atoms. The van der Waals surface area contributed by atoms with Gasteiger partial charge in [0.15, 0.2) is 0 Å². The number of piperidine rings is 2. The zero-order chi connectivity index (χ0) is 19.4. The molecular weight excluding hydrogens is 360 g/mol. The Morgan fingerprint density at radius 1 is 1.04 bits per heavy atom. The van der Waals surface area contributed by atoms with E-state index in [2.05, 4.69) is 16.0 Å². The van der Waals surface area contributed by atoms with E-state index < -0.39 is 23.8 Å². The maximum absolute atomic E-state index is 12.8. The molecule has 4 aliphatic rings. The van der Waals surface area contributed by atoms with Gasteiger partial charge in [0.25, 0.3) is 11.8 Å². The average molecular weight is 382 g/mol. The van der Waals surface area contributed by atoms with Gasteiger partial charge in [-0.2, -0.15) is 0 Å². The molecule has 8 heteroatoms. The predicted octanol–water partition coefficient (Wildman–Crippen LogP) is -0.357. The minimum absolute atomic E-state index is 0.123. The number of rotatable bonds is 5. The second kappa shape index (κ2) is 6.49. The van der Waals surface area contributed by atoms with E-state index in [0.717, 1.165) is 47.9 Å². The van der Waals surface area contributed by atoms with E-state index in [0.29, 0.717) is 17.7 Å². The van der Waals surface area contributed by atoms with E-state index in [4.69, 9.17) is 0 Å². The predicted molar refractivity (Wildman–Crippen MR) is 98.2 cm³/mol. The second-order valence-corrected chi connectivity index (χ2v) is 8.11. The maximum atomic E-state index is 12.8. The van der Waals surface area contributed by atoms with Crippen LogP contribution in [0.3, 0.4) is 0 Å². The Labute approximate surface area is 162 Å². The molecule has 0 aromatic heterocycles. The van der Waals surface area contributed by atoms with Gasteiger partial charge in [0, 0.05) is 13.0 Å². The first-order valence-corrected chi connectivity index (χ1v) is 9.80. The molecule has 1 aliphatic carbocycles. The van der Waals surface area contributed by atoms with Crippen molar-refractivity contribution < 1.29 is 19.2 Å². The summed E-state index contributed by atoms with van der Waals surface area (Å²) in [5.41, 5.74) is 1.59. The van der Waals surface area contributed by atoms with Crippen molar-refractivity contribution in [3.8, 4) is 0 Å². The number of hydrogen-bond acceptors (Lipinski definition) is 6. The Kier molecular flexibility index (Phi) is 4.06. The first-order valence-electron chi connectivity index (χ1n) is 9.80. The Hall–Kier alpha value is -2.58. The Bertz CT molecular complexity index is 888. The van der Waals surface area contributed by atoms with Crippen LogP contribution < -0.4 is 16.0 Å². The Morgan fingerprint density at radius 3 is 2.54 bits per heavy atom. The fraction of sp³-hybridized carbons (Fsp3) is 0.500. The maximum Gasteiger partial charge on any atom is 0.262 e. The monoisotopic (exact) mass is 382 g/mol. The van der Waals surface area contributed by atoms with E-state index >= 15 is 0 Å². The average Bonchev–Trinajstić information content (AvgIpc) is 2.99. The van der Waals surface area contributed by atoms with Crippen molar-refractivity contribution in [2.75, 3.05) is 19.6 Å². The zero-order valence-electron chi connectivity index (χ0n) is 15.4. The van der Waals surface area contributed by atoms with Crippen molar-refractivity contribution in [2.45, 2.75) is 25.4 Å². The van der Waals surface area contributed by atoms with Gasteiger partial charge in [0.1, 0.15) is 6.04 Å². The SMILES string of the molecule is O=C1CCC(N2C(=O)c3ccc(CNCC4C5CNCC45)cc3C2=O)C(=O)N1. The number of benzene rings is 1. The third-order valence-electron chi connectivity index (χ3n) is 6.48. The Balaban J connectivity index is 1.26. The van der Waals surface area contributed by atoms with E-state index in [1.165, 1.54) is 0 Å². The fourth-order valence-corrected chi connectivity index (χ4v) is 4.86. The number of imide groups is 2. The van der Waals surface area contributed by atoms with Gasteiger partial charge < -0.3 is 10.6 Å². The van der Waals surface area contributed by atoms with E-state index in [-0.39, 0.29) is 18.7 Å². The molecule has 2 saturated heterocycles. The summed E-state index contributed by atoms with van der Waals surface area (Å²) in [6, 6.07) is 4.33. The number of carbonyl (C=O) groups excluding carboxylic acids is 4. The highest BCUT2D eigenvalue weighted by Crippen LogP contribution is 2.48. The van der Waals surface area contributed by atoms with Crippen molar-refractivity contribution in [1.82, 2.24) is 20.9 Å². The van der Waals surface area contributed by atoms with Crippen molar-refractivity contribution in [3.05, 3.63) is 34.9 Å². The van der Waals surface area contributed by atoms with Gasteiger partial charge in [-0.1, -0.05) is 6.07 Å². The van der Waals surface area contributed by atoms with Gasteiger partial charge in [0.2, 0.25) is 11.8 Å². The van der Waals surface area contributed by atoms with Gasteiger partial charge >= 0.3 is 0 Å². The quantitative estimate of drug-likeness (QED) is 0.601. The number of hydrogen-bond donors (Lipinski definition) is 3. The lowest BCUT2D eigenvalue weighted by Crippen LogP contribution is -2.54. The van der Waals surface area contributed by atoms with Crippen molar-refractivity contribution in [2.24, 2.45) is 17.8 Å². The van der Waals surface area contributed by atoms with E-state index in [1.807, 2.05) is 6.07 Å². The van der Waals surface area contributed by atoms with Gasteiger partial charge in [0.05, 0.1) is 11.1 Å². The molecule has 4 amide bonds. The molecule has 3 heterocycles. The molecule has 1 aromatic rings. The molecule has 146 valence electrons. The van der Waals surface area contributed by atoms with Gasteiger partial charge in [-0.05, 0) is 61.5 Å². The standard InChI is InChI=1S/C20H22N4O4/c25-17-4-3-16(18(26)23-17)24-19(27)11-2-1-10(5-12(11)20(24)28)6-21-7-13-14-8-22-9-15(13)14/h1-2,5,13-16,21-22H,3-4,6-9H2,(H,23,25,26). The summed E-state index contributed by atoms with van der Waals surface area (Å²) in [5.74, 6) is 0.454. The highest BCUT2D eigenvalue weighted by molar-refractivity contribution is 6.23. The number of carbonyl (C=O) groups is 4. The number of nitrogens with one attached hydrogen (secondary N) is 3. The number of fused-ring (bicyclic) bond motifs is 2. The number of amides is 4. The second-order valence-electron chi connectivity index (χ2n) is 8.11. The van der Waals surface area contributed by atoms with Crippen LogP contribution in [-0.4, -0.2) is 54.2 Å². The summed E-state index contributed by atoms with van der Waals surface area (Å²) in [6.45, 7) is 3.82. The van der Waals surface area contributed by atoms with Crippen LogP contribution in [0.25, 0.3) is 0 Å². The summed E-state index contributed by atoms with van der Waals surface area (Å²) in [4.78, 5) is 50.0. The van der Waals surface area contributed by atoms with Crippen LogP contribution in [0.1, 0.15) is 39.1 Å². The van der Waals surface area contributed by atoms with Gasteiger partial charge in [-0.25, -0.2) is 0 Å². The molecule has 0 bridgehead atoms. The van der Waals surface area contributed by atoms with Gasteiger partial charge in [-0.15, -0.1) is 0 Å². The summed E-state index contributed by atoms with van der Waals surface area (Å²) in [6.07, 6.45) is 0.292. The molecule has 3 aliphatic heterocycles. The lowest BCUT2D eigenvalue weighted by molar-refractivity contribution is -0.136. The molecule has 8 nitrogen and oxygen atoms in total. The van der Waals surface area contributed by atoms with Crippen LogP contribution >= 0.6 is 0 Å². The van der Waals surface area contributed by atoms with Crippen LogP contribution in [0, 0.1) is 17.8 Å². The molecule has 3 N–H and O–H groups in total. The lowest BCUT2D eigenvalue weighted by atomic mass is 10.0. The zero-order valence-corrected chi connectivity index (χ0v) is 15.4. The normalized spacial score (nSPS) is 31.1. The molecule has 3 fully saturated rings. The molecular formula is C20H22N4O4. The molecule has 0 radical (unpaired) electrons. The van der Waals surface area contributed by atoms with Crippen LogP contribution in [0.2, 0.25) is 0 Å². The van der Waals surface area contributed by atoms with E-state index in [9.17, 15) is 19.2 Å². The van der Waals surface area contributed by atoms with Crippen LogP contribution in [-0.2, 0) is 16.1 Å². The van der Waals surface area contributed by atoms with Crippen molar-refractivity contribution >= 4 is 23.6 Å². The summed E-state index contributed by atoms with van der Waals surface area (Å²) in [7, 11) is 0. The van der Waals surface area contributed by atoms with Crippen molar-refractivity contribution in [1.29, 1.82) is 0 Å². The van der Waals surface area contributed by atoms with E-state index in [1.54, 1.807) is 12.1 Å². The minimum Gasteiger partial charge on any atom is -0.316 e. The highest BCUT2D eigenvalue weighted by atomic mass is 16.2. The topological polar surface area (TPSA) is 108 Å². The summed E-state index contributed by atoms with van der Waals surface area (Å²) < 4.78 is 0. The molecule has 3 atom stereocenters. The fourth-order valence-electron chi connectivity index (χ4n) is 4.86. The van der Waals surface area contributed by atoms with Gasteiger partial charge in [-0.3, -0.25) is 29.4 Å². The molecule has 1 aromatic carbocycles. The Morgan fingerprint density at radius 2 is 1.79 bits per heavy atom. The first-order chi connectivity index (χ1) is 13.5. The lowest BCUT2D eigenvalue weighted by Gasteiger charge is -2.27. The smallest absolute Gasteiger partial charge is 0.262 e. The number of nitrogens with zero attached hydrogens (tertiary/aromatic N) is 1. The van der Waals surface area contributed by atoms with Crippen LogP contribution in [0.5, 0.6) is 0 Å².